The van der Waals surface area contributed by atoms with Crippen molar-refractivity contribution in [3.05, 3.63) is 59.2 Å². The van der Waals surface area contributed by atoms with Crippen molar-refractivity contribution in [2.45, 2.75) is 32.4 Å². The van der Waals surface area contributed by atoms with E-state index in [1.807, 2.05) is 13.0 Å². The van der Waals surface area contributed by atoms with Crippen LogP contribution >= 0.6 is 0 Å². The van der Waals surface area contributed by atoms with Crippen LogP contribution in [0, 0.1) is 0 Å². The number of urea groups is 1. The fourth-order valence-corrected chi connectivity index (χ4v) is 3.99. The Hall–Kier alpha value is -2.73. The fourth-order valence-electron chi connectivity index (χ4n) is 3.99. The molecule has 156 valence electrons. The van der Waals surface area contributed by atoms with E-state index in [0.29, 0.717) is 13.1 Å². The van der Waals surface area contributed by atoms with Crippen molar-refractivity contribution >= 4 is 6.03 Å². The van der Waals surface area contributed by atoms with Crippen LogP contribution in [0.25, 0.3) is 0 Å². The summed E-state index contributed by atoms with van der Waals surface area (Å²) in [4.78, 5) is 13.6. The molecule has 0 aromatic heterocycles. The number of carbonyl (C=O) groups excluding carboxylic acids is 1. The number of fused-ring (bicyclic) bond motifs is 1. The largest absolute Gasteiger partial charge is 0.493 e. The van der Waals surface area contributed by atoms with E-state index in [-0.39, 0.29) is 12.1 Å². The first kappa shape index (κ1) is 21.0. The zero-order valence-corrected chi connectivity index (χ0v) is 17.6. The van der Waals surface area contributed by atoms with E-state index in [1.54, 1.807) is 14.2 Å². The summed E-state index contributed by atoms with van der Waals surface area (Å²) < 4.78 is 11.0. The summed E-state index contributed by atoms with van der Waals surface area (Å²) >= 11 is 0. The van der Waals surface area contributed by atoms with Crippen molar-refractivity contribution in [1.29, 1.82) is 0 Å². The molecule has 6 nitrogen and oxygen atoms in total. The first-order valence-electron chi connectivity index (χ1n) is 10.3. The van der Waals surface area contributed by atoms with Crippen LogP contribution in [0.3, 0.4) is 0 Å². The summed E-state index contributed by atoms with van der Waals surface area (Å²) in [7, 11) is 3.32. The van der Waals surface area contributed by atoms with Gasteiger partial charge in [-0.2, -0.15) is 0 Å². The number of benzene rings is 2. The smallest absolute Gasteiger partial charge is 0.315 e. The molecule has 29 heavy (non-hydrogen) atoms. The minimum absolute atomic E-state index is 0.112. The normalized spacial score (nSPS) is 17.9. The number of hydrogen-bond acceptors (Lipinski definition) is 3. The lowest BCUT2D eigenvalue weighted by Gasteiger charge is -2.35. The van der Waals surface area contributed by atoms with Gasteiger partial charge in [-0.05, 0) is 24.1 Å². The molecule has 2 atom stereocenters. The van der Waals surface area contributed by atoms with Crippen LogP contribution in [-0.2, 0) is 13.0 Å². The summed E-state index contributed by atoms with van der Waals surface area (Å²) in [6, 6.07) is 14.7. The lowest BCUT2D eigenvalue weighted by molar-refractivity contribution is -0.945. The van der Waals surface area contributed by atoms with Crippen molar-refractivity contribution in [2.24, 2.45) is 0 Å². The molecule has 1 heterocycles. The molecule has 3 rings (SSSR count). The molecule has 0 saturated heterocycles. The highest BCUT2D eigenvalue weighted by Gasteiger charge is 2.32. The molecule has 6 heteroatoms. The van der Waals surface area contributed by atoms with Gasteiger partial charge in [0, 0.05) is 24.1 Å². The van der Waals surface area contributed by atoms with E-state index in [2.05, 4.69) is 47.0 Å². The van der Waals surface area contributed by atoms with Crippen molar-refractivity contribution in [3.63, 3.8) is 0 Å². The molecule has 2 amide bonds. The third kappa shape index (κ3) is 5.21. The number of methoxy groups -OCH3 is 2. The molecule has 1 aliphatic heterocycles. The predicted molar refractivity (Wildman–Crippen MR) is 114 cm³/mol. The Kier molecular flexibility index (Phi) is 7.36. The maximum atomic E-state index is 12.2. The van der Waals surface area contributed by atoms with Crippen LogP contribution < -0.4 is 25.0 Å². The molecular weight excluding hydrogens is 366 g/mol. The second kappa shape index (κ2) is 10.2. The van der Waals surface area contributed by atoms with Gasteiger partial charge in [0.2, 0.25) is 0 Å². The lowest BCUT2D eigenvalue weighted by atomic mass is 9.91. The summed E-state index contributed by atoms with van der Waals surface area (Å²) in [5.41, 5.74) is 3.78. The van der Waals surface area contributed by atoms with Crippen LogP contribution in [0.1, 0.15) is 36.1 Å². The van der Waals surface area contributed by atoms with Gasteiger partial charge in [0.25, 0.3) is 0 Å². The van der Waals surface area contributed by atoms with E-state index in [4.69, 9.17) is 9.47 Å². The lowest BCUT2D eigenvalue weighted by Crippen LogP contribution is -3.12. The SMILES string of the molecule is CCCNC(=O)NC[C@H]1c2cc(OC)c(OC)cc2CC[NH+]1Cc1ccccc1. The molecule has 0 bridgehead atoms. The van der Waals surface area contributed by atoms with Gasteiger partial charge in [0.05, 0.1) is 27.3 Å². The monoisotopic (exact) mass is 398 g/mol. The Morgan fingerprint density at radius 3 is 2.52 bits per heavy atom. The maximum absolute atomic E-state index is 12.2. The first-order chi connectivity index (χ1) is 14.2. The summed E-state index contributed by atoms with van der Waals surface area (Å²) in [5.74, 6) is 1.48. The van der Waals surface area contributed by atoms with Gasteiger partial charge in [0.15, 0.2) is 11.5 Å². The molecule has 3 N–H and O–H groups in total. The third-order valence-electron chi connectivity index (χ3n) is 5.51. The van der Waals surface area contributed by atoms with Crippen molar-refractivity contribution in [2.75, 3.05) is 33.9 Å². The first-order valence-corrected chi connectivity index (χ1v) is 10.3. The van der Waals surface area contributed by atoms with E-state index < -0.39 is 0 Å². The molecule has 2 aromatic carbocycles. The number of ether oxygens (including phenoxy) is 2. The molecule has 0 aliphatic carbocycles. The molecule has 0 fully saturated rings. The van der Waals surface area contributed by atoms with Gasteiger partial charge < -0.3 is 25.0 Å². The number of quaternary nitrogens is 1. The van der Waals surface area contributed by atoms with Crippen LogP contribution in [0.2, 0.25) is 0 Å². The van der Waals surface area contributed by atoms with Crippen LogP contribution in [0.15, 0.2) is 42.5 Å². The second-order valence-corrected chi connectivity index (χ2v) is 7.42. The summed E-state index contributed by atoms with van der Waals surface area (Å²) in [6.45, 7) is 5.21. The summed E-state index contributed by atoms with van der Waals surface area (Å²) in [6.07, 6.45) is 1.89. The number of hydrogen-bond donors (Lipinski definition) is 3. The Balaban J connectivity index is 1.86. The highest BCUT2D eigenvalue weighted by atomic mass is 16.5. The Labute approximate surface area is 173 Å². The van der Waals surface area contributed by atoms with Crippen molar-refractivity contribution < 1.29 is 19.2 Å². The van der Waals surface area contributed by atoms with Gasteiger partial charge in [0.1, 0.15) is 12.6 Å². The minimum Gasteiger partial charge on any atom is -0.493 e. The molecule has 0 radical (unpaired) electrons. The second-order valence-electron chi connectivity index (χ2n) is 7.42. The topological polar surface area (TPSA) is 64.0 Å². The Morgan fingerprint density at radius 1 is 1.10 bits per heavy atom. The van der Waals surface area contributed by atoms with E-state index in [0.717, 1.165) is 37.4 Å². The zero-order valence-electron chi connectivity index (χ0n) is 17.6. The molecule has 0 saturated carbocycles. The van der Waals surface area contributed by atoms with Gasteiger partial charge >= 0.3 is 6.03 Å². The van der Waals surface area contributed by atoms with Crippen molar-refractivity contribution in [3.8, 4) is 11.5 Å². The quantitative estimate of drug-likeness (QED) is 0.638. The third-order valence-corrected chi connectivity index (χ3v) is 5.51. The van der Waals surface area contributed by atoms with E-state index in [9.17, 15) is 4.79 Å². The molecule has 0 spiro atoms. The number of rotatable bonds is 8. The minimum atomic E-state index is -0.112. The summed E-state index contributed by atoms with van der Waals surface area (Å²) in [5, 5.41) is 5.96. The molecular formula is C23H32N3O3+. The highest BCUT2D eigenvalue weighted by Crippen LogP contribution is 2.34. The van der Waals surface area contributed by atoms with E-state index >= 15 is 0 Å². The number of nitrogens with one attached hydrogen (secondary N) is 3. The van der Waals surface area contributed by atoms with Crippen LogP contribution in [0.5, 0.6) is 11.5 Å². The van der Waals surface area contributed by atoms with Crippen LogP contribution in [-0.4, -0.2) is 39.9 Å². The maximum Gasteiger partial charge on any atom is 0.315 e. The van der Waals surface area contributed by atoms with Gasteiger partial charge in [-0.15, -0.1) is 0 Å². The van der Waals surface area contributed by atoms with Crippen LogP contribution in [0.4, 0.5) is 4.79 Å². The standard InChI is InChI=1S/C23H31N3O3/c1-4-11-24-23(27)25-15-20-19-14-22(29-3)21(28-2)13-18(19)10-12-26(20)16-17-8-6-5-7-9-17/h5-9,13-14,20H,4,10-12,15-16H2,1-3H3,(H2,24,25,27)/p+1/t20-/m0/s1. The van der Waals surface area contributed by atoms with E-state index in [1.165, 1.54) is 21.6 Å². The van der Waals surface area contributed by atoms with Gasteiger partial charge in [-0.1, -0.05) is 37.3 Å². The number of amides is 2. The Bertz CT molecular complexity index is 811. The van der Waals surface area contributed by atoms with Gasteiger partial charge in [-0.3, -0.25) is 0 Å². The zero-order chi connectivity index (χ0) is 20.6. The molecule has 2 aromatic rings. The van der Waals surface area contributed by atoms with Crippen molar-refractivity contribution in [1.82, 2.24) is 10.6 Å². The average Bonchev–Trinajstić information content (AvgIpc) is 2.76. The predicted octanol–water partition coefficient (Wildman–Crippen LogP) is 2.10. The van der Waals surface area contributed by atoms with Gasteiger partial charge in [-0.25, -0.2) is 4.79 Å². The molecule has 1 aliphatic rings. The average molecular weight is 399 g/mol. The fraction of sp³-hybridized carbons (Fsp3) is 0.435. The number of carbonyl (C=O) groups is 1. The Morgan fingerprint density at radius 2 is 1.83 bits per heavy atom. The molecule has 1 unspecified atom stereocenters. The highest BCUT2D eigenvalue weighted by molar-refractivity contribution is 5.73.